The number of nitrogens with one attached hydrogen (secondary N) is 1. The minimum Gasteiger partial charge on any atom is -0.381 e. The smallest absolute Gasteiger partial charge is 0.144 e. The number of rotatable bonds is 3. The van der Waals surface area contributed by atoms with Crippen LogP contribution in [0.5, 0.6) is 0 Å². The van der Waals surface area contributed by atoms with E-state index in [-0.39, 0.29) is 0 Å². The van der Waals surface area contributed by atoms with Gasteiger partial charge in [-0.3, -0.25) is 0 Å². The van der Waals surface area contributed by atoms with Crippen molar-refractivity contribution in [3.8, 4) is 0 Å². The molecule has 1 aliphatic rings. The van der Waals surface area contributed by atoms with Crippen LogP contribution in [-0.2, 0) is 4.74 Å². The zero-order chi connectivity index (χ0) is 12.3. The molecule has 1 unspecified atom stereocenters. The number of hydrogen-bond acceptors (Lipinski definition) is 4. The molecule has 0 bridgehead atoms. The molecule has 0 aromatic carbocycles. The SMILES string of the molecule is CCNc1nc(C2CCCOC2)nc(C)c1Br. The van der Waals surface area contributed by atoms with Gasteiger partial charge in [-0.2, -0.15) is 0 Å². The lowest BCUT2D eigenvalue weighted by Gasteiger charge is -2.22. The van der Waals surface area contributed by atoms with Crippen LogP contribution in [0.15, 0.2) is 4.47 Å². The number of hydrogen-bond donors (Lipinski definition) is 1. The predicted octanol–water partition coefficient (Wildman–Crippen LogP) is 2.87. The van der Waals surface area contributed by atoms with Crippen molar-refractivity contribution in [2.45, 2.75) is 32.6 Å². The van der Waals surface area contributed by atoms with E-state index in [1.165, 1.54) is 0 Å². The highest BCUT2D eigenvalue weighted by Crippen LogP contribution is 2.28. The fraction of sp³-hybridized carbons (Fsp3) is 0.667. The fourth-order valence-corrected chi connectivity index (χ4v) is 2.31. The van der Waals surface area contributed by atoms with E-state index < -0.39 is 0 Å². The summed E-state index contributed by atoms with van der Waals surface area (Å²) < 4.78 is 6.45. The molecule has 0 saturated carbocycles. The van der Waals surface area contributed by atoms with Gasteiger partial charge in [0, 0.05) is 19.1 Å². The monoisotopic (exact) mass is 299 g/mol. The van der Waals surface area contributed by atoms with E-state index in [9.17, 15) is 0 Å². The quantitative estimate of drug-likeness (QED) is 0.932. The van der Waals surface area contributed by atoms with Crippen molar-refractivity contribution in [2.24, 2.45) is 0 Å². The topological polar surface area (TPSA) is 47.0 Å². The predicted molar refractivity (Wildman–Crippen MR) is 71.4 cm³/mol. The first-order valence-corrected chi connectivity index (χ1v) is 6.87. The standard InChI is InChI=1S/C12H18BrN3O/c1-3-14-12-10(13)8(2)15-11(16-12)9-5-4-6-17-7-9/h9H,3-7H2,1-2H3,(H,14,15,16). The molecule has 1 aliphatic heterocycles. The van der Waals surface area contributed by atoms with Gasteiger partial charge in [0.15, 0.2) is 0 Å². The number of nitrogens with zero attached hydrogens (tertiary/aromatic N) is 2. The maximum Gasteiger partial charge on any atom is 0.144 e. The molecule has 0 radical (unpaired) electrons. The van der Waals surface area contributed by atoms with E-state index >= 15 is 0 Å². The Balaban J connectivity index is 2.27. The van der Waals surface area contributed by atoms with Gasteiger partial charge in [0.25, 0.3) is 0 Å². The molecular formula is C12H18BrN3O. The van der Waals surface area contributed by atoms with Crippen LogP contribution in [0.1, 0.15) is 37.2 Å². The third-order valence-electron chi connectivity index (χ3n) is 2.90. The number of ether oxygens (including phenoxy) is 1. The second-order valence-corrected chi connectivity index (χ2v) is 5.07. The van der Waals surface area contributed by atoms with Crippen LogP contribution in [0.4, 0.5) is 5.82 Å². The van der Waals surface area contributed by atoms with Crippen LogP contribution >= 0.6 is 15.9 Å². The van der Waals surface area contributed by atoms with Crippen LogP contribution in [0.25, 0.3) is 0 Å². The minimum absolute atomic E-state index is 0.341. The molecule has 1 aromatic heterocycles. The third kappa shape index (κ3) is 2.96. The lowest BCUT2D eigenvalue weighted by Crippen LogP contribution is -2.19. The summed E-state index contributed by atoms with van der Waals surface area (Å²) in [4.78, 5) is 9.16. The molecular weight excluding hydrogens is 282 g/mol. The molecule has 1 atom stereocenters. The number of aryl methyl sites for hydroxylation is 1. The van der Waals surface area contributed by atoms with Crippen molar-refractivity contribution < 1.29 is 4.74 Å². The summed E-state index contributed by atoms with van der Waals surface area (Å²) in [6.07, 6.45) is 2.21. The van der Waals surface area contributed by atoms with E-state index in [1.807, 2.05) is 6.92 Å². The molecule has 1 saturated heterocycles. The molecule has 2 rings (SSSR count). The highest BCUT2D eigenvalue weighted by atomic mass is 79.9. The summed E-state index contributed by atoms with van der Waals surface area (Å²) in [5.41, 5.74) is 0.983. The first kappa shape index (κ1) is 12.8. The second kappa shape index (κ2) is 5.78. The van der Waals surface area contributed by atoms with Crippen molar-refractivity contribution in [2.75, 3.05) is 25.1 Å². The largest absolute Gasteiger partial charge is 0.381 e. The molecule has 0 aliphatic carbocycles. The van der Waals surface area contributed by atoms with E-state index in [2.05, 4.69) is 38.1 Å². The lowest BCUT2D eigenvalue weighted by atomic mass is 10.0. The summed E-state index contributed by atoms with van der Waals surface area (Å²) in [7, 11) is 0. The van der Waals surface area contributed by atoms with Crippen LogP contribution in [-0.4, -0.2) is 29.7 Å². The third-order valence-corrected chi connectivity index (χ3v) is 3.85. The average Bonchev–Trinajstić information content (AvgIpc) is 2.36. The van der Waals surface area contributed by atoms with Gasteiger partial charge in [-0.25, -0.2) is 9.97 Å². The summed E-state index contributed by atoms with van der Waals surface area (Å²) >= 11 is 3.52. The number of anilines is 1. The summed E-state index contributed by atoms with van der Waals surface area (Å²) in [6.45, 7) is 6.53. The molecule has 1 aromatic rings. The van der Waals surface area contributed by atoms with E-state index in [0.29, 0.717) is 5.92 Å². The van der Waals surface area contributed by atoms with Crippen molar-refractivity contribution >= 4 is 21.7 Å². The maximum absolute atomic E-state index is 5.49. The number of halogens is 1. The highest BCUT2D eigenvalue weighted by molar-refractivity contribution is 9.10. The van der Waals surface area contributed by atoms with Gasteiger partial charge < -0.3 is 10.1 Å². The van der Waals surface area contributed by atoms with Gasteiger partial charge in [0.1, 0.15) is 11.6 Å². The van der Waals surface area contributed by atoms with Crippen LogP contribution < -0.4 is 5.32 Å². The Labute approximate surface area is 110 Å². The van der Waals surface area contributed by atoms with Crippen molar-refractivity contribution in [1.29, 1.82) is 0 Å². The lowest BCUT2D eigenvalue weighted by molar-refractivity contribution is 0.0780. The van der Waals surface area contributed by atoms with Crippen LogP contribution in [0.3, 0.4) is 0 Å². The zero-order valence-corrected chi connectivity index (χ0v) is 11.9. The Morgan fingerprint density at radius 3 is 2.94 bits per heavy atom. The van der Waals surface area contributed by atoms with Gasteiger partial charge in [-0.05, 0) is 42.6 Å². The highest BCUT2D eigenvalue weighted by Gasteiger charge is 2.20. The molecule has 1 fully saturated rings. The summed E-state index contributed by atoms with van der Waals surface area (Å²) in [5, 5.41) is 3.26. The van der Waals surface area contributed by atoms with Gasteiger partial charge in [0.2, 0.25) is 0 Å². The molecule has 5 heteroatoms. The normalized spacial score (nSPS) is 20.3. The first-order valence-electron chi connectivity index (χ1n) is 6.08. The molecule has 0 spiro atoms. The minimum atomic E-state index is 0.341. The van der Waals surface area contributed by atoms with Gasteiger partial charge in [-0.15, -0.1) is 0 Å². The van der Waals surface area contributed by atoms with Crippen molar-refractivity contribution in [3.63, 3.8) is 0 Å². The summed E-state index contributed by atoms with van der Waals surface area (Å²) in [5.74, 6) is 2.13. The molecule has 4 nitrogen and oxygen atoms in total. The van der Waals surface area contributed by atoms with Crippen LogP contribution in [0.2, 0.25) is 0 Å². The zero-order valence-electron chi connectivity index (χ0n) is 10.3. The Kier molecular flexibility index (Phi) is 4.34. The Bertz CT molecular complexity index is 392. The van der Waals surface area contributed by atoms with Gasteiger partial charge >= 0.3 is 0 Å². The maximum atomic E-state index is 5.49. The van der Waals surface area contributed by atoms with Gasteiger partial charge in [0.05, 0.1) is 16.8 Å². The van der Waals surface area contributed by atoms with E-state index in [4.69, 9.17) is 4.74 Å². The molecule has 1 N–H and O–H groups in total. The summed E-state index contributed by atoms with van der Waals surface area (Å²) in [6, 6.07) is 0. The number of aromatic nitrogens is 2. The molecule has 94 valence electrons. The van der Waals surface area contributed by atoms with E-state index in [1.54, 1.807) is 0 Å². The molecule has 2 heterocycles. The Morgan fingerprint density at radius 2 is 2.29 bits per heavy atom. The molecule has 17 heavy (non-hydrogen) atoms. The molecule has 0 amide bonds. The van der Waals surface area contributed by atoms with Crippen LogP contribution in [0, 0.1) is 6.92 Å². The van der Waals surface area contributed by atoms with Gasteiger partial charge in [-0.1, -0.05) is 0 Å². The first-order chi connectivity index (χ1) is 8.22. The average molecular weight is 300 g/mol. The van der Waals surface area contributed by atoms with Crippen molar-refractivity contribution in [1.82, 2.24) is 9.97 Å². The second-order valence-electron chi connectivity index (χ2n) is 4.27. The Morgan fingerprint density at radius 1 is 1.47 bits per heavy atom. The van der Waals surface area contributed by atoms with E-state index in [0.717, 1.165) is 54.4 Å². The fourth-order valence-electron chi connectivity index (χ4n) is 1.99. The van der Waals surface area contributed by atoms with Crippen molar-refractivity contribution in [3.05, 3.63) is 16.0 Å². The Hall–Kier alpha value is -0.680.